The monoisotopic (exact) mass is 259 g/mol. The van der Waals surface area contributed by atoms with Crippen LogP contribution in [0, 0.1) is 0 Å². The highest BCUT2D eigenvalue weighted by Crippen LogP contribution is 2.21. The fourth-order valence-electron chi connectivity index (χ4n) is 1.70. The van der Waals surface area contributed by atoms with Gasteiger partial charge in [-0.15, -0.1) is 0 Å². The molecule has 5 N–H and O–H groups in total. The number of anilines is 3. The quantitative estimate of drug-likeness (QED) is 0.730. The van der Waals surface area contributed by atoms with Crippen LogP contribution in [0.1, 0.15) is 30.2 Å². The van der Waals surface area contributed by atoms with Crippen LogP contribution in [0.4, 0.5) is 17.1 Å². The molecule has 0 spiro atoms. The van der Waals surface area contributed by atoms with Crippen LogP contribution in [0.5, 0.6) is 0 Å². The van der Waals surface area contributed by atoms with Crippen LogP contribution in [-0.2, 0) is 0 Å². The van der Waals surface area contributed by atoms with Gasteiger partial charge in [-0.2, -0.15) is 5.10 Å². The van der Waals surface area contributed by atoms with Crippen LogP contribution < -0.4 is 16.8 Å². The van der Waals surface area contributed by atoms with E-state index in [0.717, 1.165) is 11.4 Å². The summed E-state index contributed by atoms with van der Waals surface area (Å²) < 4.78 is 1.84. The molecule has 2 aromatic rings. The molecule has 6 nitrogen and oxygen atoms in total. The number of carbonyl (C=O) groups excluding carboxylic acids is 1. The predicted octanol–water partition coefficient (Wildman–Crippen LogP) is 1.89. The molecule has 0 atom stereocenters. The van der Waals surface area contributed by atoms with Gasteiger partial charge in [0.2, 0.25) is 0 Å². The average Bonchev–Trinajstić information content (AvgIpc) is 2.80. The van der Waals surface area contributed by atoms with E-state index in [2.05, 4.69) is 10.4 Å². The fraction of sp³-hybridized carbons (Fsp3) is 0.231. The molecule has 0 bridgehead atoms. The molecule has 0 saturated carbocycles. The van der Waals surface area contributed by atoms with Crippen molar-refractivity contribution in [1.29, 1.82) is 0 Å². The van der Waals surface area contributed by atoms with E-state index in [-0.39, 0.29) is 0 Å². The van der Waals surface area contributed by atoms with Crippen LogP contribution in [0.25, 0.3) is 0 Å². The highest BCUT2D eigenvalue weighted by atomic mass is 16.1. The summed E-state index contributed by atoms with van der Waals surface area (Å²) in [5.74, 6) is -0.543. The van der Waals surface area contributed by atoms with E-state index in [4.69, 9.17) is 11.5 Å². The molecular weight excluding hydrogens is 242 g/mol. The van der Waals surface area contributed by atoms with Crippen molar-refractivity contribution in [3.05, 3.63) is 36.2 Å². The number of carbonyl (C=O) groups is 1. The van der Waals surface area contributed by atoms with Gasteiger partial charge < -0.3 is 16.8 Å². The Kier molecular flexibility index (Phi) is 3.41. The maximum absolute atomic E-state index is 11.2. The average molecular weight is 259 g/mol. The van der Waals surface area contributed by atoms with Crippen LogP contribution in [0.2, 0.25) is 0 Å². The second-order valence-electron chi connectivity index (χ2n) is 4.59. The zero-order valence-corrected chi connectivity index (χ0v) is 10.9. The van der Waals surface area contributed by atoms with E-state index < -0.39 is 5.91 Å². The lowest BCUT2D eigenvalue weighted by atomic mass is 10.1. The molecular formula is C13H17N5O. The zero-order chi connectivity index (χ0) is 14.0. The molecule has 0 aliphatic heterocycles. The number of nitrogens with zero attached hydrogens (tertiary/aromatic N) is 2. The zero-order valence-electron chi connectivity index (χ0n) is 10.9. The van der Waals surface area contributed by atoms with E-state index in [1.54, 1.807) is 24.4 Å². The molecule has 6 heteroatoms. The first kappa shape index (κ1) is 12.9. The van der Waals surface area contributed by atoms with Crippen molar-refractivity contribution in [3.8, 4) is 0 Å². The lowest BCUT2D eigenvalue weighted by molar-refractivity contribution is 0.100. The number of nitrogens with one attached hydrogen (secondary N) is 1. The Morgan fingerprint density at radius 1 is 1.37 bits per heavy atom. The third-order valence-electron chi connectivity index (χ3n) is 2.74. The first-order chi connectivity index (χ1) is 8.97. The number of rotatable bonds is 4. The smallest absolute Gasteiger partial charge is 0.250 e. The van der Waals surface area contributed by atoms with Gasteiger partial charge in [-0.3, -0.25) is 9.48 Å². The Morgan fingerprint density at radius 3 is 2.68 bits per heavy atom. The summed E-state index contributed by atoms with van der Waals surface area (Å²) in [7, 11) is 0. The molecule has 100 valence electrons. The van der Waals surface area contributed by atoms with Crippen LogP contribution in [0.15, 0.2) is 30.6 Å². The first-order valence-electron chi connectivity index (χ1n) is 5.98. The maximum atomic E-state index is 11.2. The summed E-state index contributed by atoms with van der Waals surface area (Å²) in [5, 5.41) is 7.38. The van der Waals surface area contributed by atoms with E-state index in [1.165, 1.54) is 0 Å². The minimum absolute atomic E-state index is 0.295. The Balaban J connectivity index is 2.23. The number of nitrogen functional groups attached to an aromatic ring is 1. The molecule has 0 fully saturated rings. The molecule has 1 aromatic heterocycles. The van der Waals surface area contributed by atoms with Crippen LogP contribution >= 0.6 is 0 Å². The Hall–Kier alpha value is -2.50. The molecule has 1 heterocycles. The Morgan fingerprint density at radius 2 is 2.11 bits per heavy atom. The summed E-state index contributed by atoms with van der Waals surface area (Å²) in [6.07, 6.45) is 3.62. The second-order valence-corrected chi connectivity index (χ2v) is 4.59. The Labute approximate surface area is 111 Å². The van der Waals surface area contributed by atoms with E-state index in [1.807, 2.05) is 24.7 Å². The topological polar surface area (TPSA) is 99.0 Å². The molecule has 1 aromatic carbocycles. The maximum Gasteiger partial charge on any atom is 0.250 e. The van der Waals surface area contributed by atoms with Gasteiger partial charge in [-0.1, -0.05) is 0 Å². The highest BCUT2D eigenvalue weighted by Gasteiger charge is 2.08. The summed E-state index contributed by atoms with van der Waals surface area (Å²) >= 11 is 0. The van der Waals surface area contributed by atoms with Crippen LogP contribution in [0.3, 0.4) is 0 Å². The summed E-state index contributed by atoms with van der Waals surface area (Å²) in [4.78, 5) is 11.2. The number of hydrogen-bond acceptors (Lipinski definition) is 4. The number of nitrogens with two attached hydrogens (primary N) is 2. The number of benzene rings is 1. The summed E-state index contributed by atoms with van der Waals surface area (Å²) in [5.41, 5.74) is 13.2. The number of hydrogen-bond donors (Lipinski definition) is 3. The third-order valence-corrected chi connectivity index (χ3v) is 2.74. The van der Waals surface area contributed by atoms with E-state index in [0.29, 0.717) is 17.3 Å². The van der Waals surface area contributed by atoms with Gasteiger partial charge in [0.1, 0.15) is 0 Å². The van der Waals surface area contributed by atoms with Gasteiger partial charge in [-0.25, -0.2) is 0 Å². The lowest BCUT2D eigenvalue weighted by Crippen LogP contribution is -2.13. The molecule has 0 unspecified atom stereocenters. The minimum atomic E-state index is -0.543. The van der Waals surface area contributed by atoms with Gasteiger partial charge in [0.15, 0.2) is 0 Å². The largest absolute Gasteiger partial charge is 0.398 e. The van der Waals surface area contributed by atoms with Gasteiger partial charge in [0.25, 0.3) is 5.91 Å². The van der Waals surface area contributed by atoms with E-state index in [9.17, 15) is 4.79 Å². The molecule has 0 aliphatic carbocycles. The third kappa shape index (κ3) is 2.85. The predicted molar refractivity (Wildman–Crippen MR) is 75.3 cm³/mol. The first-order valence-corrected chi connectivity index (χ1v) is 5.98. The van der Waals surface area contributed by atoms with Crippen LogP contribution in [-0.4, -0.2) is 15.7 Å². The summed E-state index contributed by atoms with van der Waals surface area (Å²) in [6, 6.07) is 5.36. The van der Waals surface area contributed by atoms with Crippen molar-refractivity contribution in [1.82, 2.24) is 9.78 Å². The van der Waals surface area contributed by atoms with E-state index >= 15 is 0 Å². The van der Waals surface area contributed by atoms with Crippen molar-refractivity contribution in [2.24, 2.45) is 5.73 Å². The lowest BCUT2D eigenvalue weighted by Gasteiger charge is -2.07. The fourth-order valence-corrected chi connectivity index (χ4v) is 1.70. The van der Waals surface area contributed by atoms with Crippen molar-refractivity contribution >= 4 is 23.0 Å². The van der Waals surface area contributed by atoms with Crippen molar-refractivity contribution in [3.63, 3.8) is 0 Å². The van der Waals surface area contributed by atoms with Crippen molar-refractivity contribution in [2.45, 2.75) is 19.9 Å². The molecule has 2 rings (SSSR count). The van der Waals surface area contributed by atoms with Crippen molar-refractivity contribution < 1.29 is 4.79 Å². The van der Waals surface area contributed by atoms with Gasteiger partial charge in [-0.05, 0) is 32.0 Å². The Bertz CT molecular complexity index is 603. The summed E-state index contributed by atoms with van der Waals surface area (Å²) in [6.45, 7) is 4.09. The SMILES string of the molecule is CC(C)n1cc(Nc2ccc(N)c(C(N)=O)c2)cn1. The minimum Gasteiger partial charge on any atom is -0.398 e. The van der Waals surface area contributed by atoms with Gasteiger partial charge in [0, 0.05) is 23.6 Å². The molecule has 1 amide bonds. The molecule has 0 aliphatic rings. The number of amides is 1. The van der Waals surface area contributed by atoms with Crippen molar-refractivity contribution in [2.75, 3.05) is 11.1 Å². The number of aromatic nitrogens is 2. The standard InChI is InChI=1S/C13H17N5O/c1-8(2)18-7-10(6-16-18)17-9-3-4-12(14)11(5-9)13(15)19/h3-8,17H,14H2,1-2H3,(H2,15,19). The van der Waals surface area contributed by atoms with Gasteiger partial charge >= 0.3 is 0 Å². The van der Waals surface area contributed by atoms with Gasteiger partial charge in [0.05, 0.1) is 17.4 Å². The highest BCUT2D eigenvalue weighted by molar-refractivity contribution is 5.99. The number of primary amides is 1. The molecule has 19 heavy (non-hydrogen) atoms. The second kappa shape index (κ2) is 5.01. The molecule has 0 saturated heterocycles. The normalized spacial score (nSPS) is 10.7. The molecule has 0 radical (unpaired) electrons.